The summed E-state index contributed by atoms with van der Waals surface area (Å²) in [6, 6.07) is 24.4. The number of benzene rings is 2. The molecule has 2 aromatic carbocycles. The first-order chi connectivity index (χ1) is 13.6. The fourth-order valence-corrected chi connectivity index (χ4v) is 20.4. The highest BCUT2D eigenvalue weighted by Gasteiger charge is 2.54. The van der Waals surface area contributed by atoms with E-state index in [0.29, 0.717) is 0 Å². The van der Waals surface area contributed by atoms with Crippen LogP contribution in [0, 0.1) is 0 Å². The minimum absolute atomic E-state index is 0.841. The molecule has 8 heteroatoms. The molecule has 0 aliphatic carbocycles. The van der Waals surface area contributed by atoms with Crippen molar-refractivity contribution in [3.05, 3.63) is 60.7 Å². The molecule has 2 unspecified atom stereocenters. The third kappa shape index (κ3) is 4.49. The van der Waals surface area contributed by atoms with E-state index in [1.807, 2.05) is 12.1 Å². The van der Waals surface area contributed by atoms with Crippen LogP contribution in [0.5, 0.6) is 0 Å². The van der Waals surface area contributed by atoms with Gasteiger partial charge in [0, 0.05) is 0 Å². The van der Waals surface area contributed by atoms with Crippen molar-refractivity contribution in [1.29, 1.82) is 0 Å². The number of hydrogen-bond donors (Lipinski definition) is 0. The maximum Gasteiger partial charge on any atom is 0.365 e. The van der Waals surface area contributed by atoms with Crippen molar-refractivity contribution in [3.8, 4) is 0 Å². The predicted molar refractivity (Wildman–Crippen MR) is 121 cm³/mol. The van der Waals surface area contributed by atoms with Gasteiger partial charge < -0.3 is 16.5 Å². The molecule has 0 aromatic heterocycles. The van der Waals surface area contributed by atoms with Crippen LogP contribution in [-0.4, -0.2) is 35.7 Å². The first-order valence-corrected chi connectivity index (χ1v) is 17.3. The topological polar surface area (TPSA) is 36.9 Å². The molecule has 0 amide bonds. The van der Waals surface area contributed by atoms with Crippen molar-refractivity contribution in [2.45, 2.75) is 51.9 Å². The predicted octanol–water partition coefficient (Wildman–Crippen LogP) is 3.82. The Hall–Kier alpha value is -0.852. The lowest BCUT2D eigenvalue weighted by Crippen LogP contribution is -2.70. The van der Waals surface area contributed by atoms with Crippen LogP contribution < -0.4 is 10.4 Å². The van der Waals surface area contributed by atoms with Gasteiger partial charge in [-0.15, -0.1) is 0 Å². The van der Waals surface area contributed by atoms with Crippen LogP contribution in [-0.2, 0) is 16.5 Å². The molecule has 0 spiro atoms. The molecule has 0 saturated carbocycles. The van der Waals surface area contributed by atoms with Crippen LogP contribution >= 0.6 is 0 Å². The Bertz CT molecular complexity index is 674. The second kappa shape index (κ2) is 9.77. The standard InChI is InChI=1S/C20H30O4Si4/c1-5-25-21-26(6-2)23-28(8-4,20-17-13-10-14-18-20)24-27(7-3,22-25)19-15-11-9-12-16-19/h9-18H,5-8H2,1-4H3. The van der Waals surface area contributed by atoms with Gasteiger partial charge in [-0.25, -0.2) is 0 Å². The Labute approximate surface area is 175 Å². The Morgan fingerprint density at radius 1 is 0.643 bits per heavy atom. The Morgan fingerprint density at radius 3 is 1.36 bits per heavy atom. The molecule has 1 saturated heterocycles. The second-order valence-electron chi connectivity index (χ2n) is 6.80. The Morgan fingerprint density at radius 2 is 1.04 bits per heavy atom. The number of hydrogen-bond acceptors (Lipinski definition) is 4. The second-order valence-corrected chi connectivity index (χ2v) is 18.6. The van der Waals surface area contributed by atoms with E-state index in [-0.39, 0.29) is 0 Å². The first kappa shape index (κ1) is 21.8. The molecule has 2 radical (unpaired) electrons. The molecule has 1 heterocycles. The van der Waals surface area contributed by atoms with Crippen molar-refractivity contribution in [3.63, 3.8) is 0 Å². The average Bonchev–Trinajstić information content (AvgIpc) is 2.76. The molecule has 0 bridgehead atoms. The van der Waals surface area contributed by atoms with Gasteiger partial charge >= 0.3 is 35.7 Å². The lowest BCUT2D eigenvalue weighted by atomic mass is 10.4. The fourth-order valence-electron chi connectivity index (χ4n) is 3.45. The summed E-state index contributed by atoms with van der Waals surface area (Å²) in [4.78, 5) is 0. The van der Waals surface area contributed by atoms with Crippen molar-refractivity contribution in [1.82, 2.24) is 0 Å². The maximum atomic E-state index is 7.21. The van der Waals surface area contributed by atoms with E-state index in [1.165, 1.54) is 10.4 Å². The smallest absolute Gasteiger partial charge is 0.365 e. The van der Waals surface area contributed by atoms with Gasteiger partial charge in [0.25, 0.3) is 0 Å². The third-order valence-electron chi connectivity index (χ3n) is 5.05. The van der Waals surface area contributed by atoms with Crippen LogP contribution in [0.25, 0.3) is 0 Å². The van der Waals surface area contributed by atoms with Crippen molar-refractivity contribution in [2.75, 3.05) is 0 Å². The van der Waals surface area contributed by atoms with Crippen molar-refractivity contribution < 1.29 is 16.5 Å². The summed E-state index contributed by atoms with van der Waals surface area (Å²) in [7, 11) is -8.28. The zero-order valence-electron chi connectivity index (χ0n) is 17.2. The summed E-state index contributed by atoms with van der Waals surface area (Å²) >= 11 is 0. The van der Waals surface area contributed by atoms with Crippen LogP contribution in [0.3, 0.4) is 0 Å². The van der Waals surface area contributed by atoms with Crippen LogP contribution in [0.2, 0.25) is 24.2 Å². The Kier molecular flexibility index (Phi) is 7.62. The van der Waals surface area contributed by atoms with E-state index < -0.39 is 35.7 Å². The highest BCUT2D eigenvalue weighted by Crippen LogP contribution is 2.29. The molecular weight excluding hydrogens is 417 g/mol. The molecule has 4 nitrogen and oxygen atoms in total. The minimum atomic E-state index is -2.71. The zero-order chi connectivity index (χ0) is 20.0. The maximum absolute atomic E-state index is 7.21. The summed E-state index contributed by atoms with van der Waals surface area (Å²) in [6.07, 6.45) is 0. The highest BCUT2D eigenvalue weighted by atomic mass is 28.5. The van der Waals surface area contributed by atoms with E-state index >= 15 is 0 Å². The molecule has 2 aromatic rings. The normalized spacial score (nSPS) is 27.3. The van der Waals surface area contributed by atoms with Crippen molar-refractivity contribution in [2.24, 2.45) is 0 Å². The van der Waals surface area contributed by atoms with Gasteiger partial charge in [-0.1, -0.05) is 88.4 Å². The molecule has 2 atom stereocenters. The highest BCUT2D eigenvalue weighted by molar-refractivity contribution is 6.98. The summed E-state index contributed by atoms with van der Waals surface area (Å²) in [5.74, 6) is 0. The Balaban J connectivity index is 2.13. The molecule has 1 aliphatic rings. The summed E-state index contributed by atoms with van der Waals surface area (Å²) < 4.78 is 27.4. The van der Waals surface area contributed by atoms with E-state index in [1.54, 1.807) is 0 Å². The molecule has 150 valence electrons. The molecular formula is C20H30O4Si4. The summed E-state index contributed by atoms with van der Waals surface area (Å²) in [6.45, 7) is 8.65. The van der Waals surface area contributed by atoms with Gasteiger partial charge in [-0.3, -0.25) is 0 Å². The SMILES string of the molecule is CC[Si]1O[Si](CC)O[Si](CC)(c2ccccc2)O[Si](CC)(c2ccccc2)O1. The lowest BCUT2D eigenvalue weighted by molar-refractivity contribution is 0.260. The third-order valence-corrected chi connectivity index (χ3v) is 19.4. The largest absolute Gasteiger partial charge is 0.414 e. The average molecular weight is 447 g/mol. The summed E-state index contributed by atoms with van der Waals surface area (Å²) in [5.41, 5.74) is 0. The fraction of sp³-hybridized carbons (Fsp3) is 0.400. The van der Waals surface area contributed by atoms with E-state index in [9.17, 15) is 0 Å². The first-order valence-electron chi connectivity index (χ1n) is 10.2. The van der Waals surface area contributed by atoms with Crippen LogP contribution in [0.4, 0.5) is 0 Å². The van der Waals surface area contributed by atoms with Crippen LogP contribution in [0.1, 0.15) is 27.7 Å². The van der Waals surface area contributed by atoms with Crippen molar-refractivity contribution >= 4 is 46.1 Å². The van der Waals surface area contributed by atoms with Crippen LogP contribution in [0.15, 0.2) is 60.7 Å². The molecule has 28 heavy (non-hydrogen) atoms. The minimum Gasteiger partial charge on any atom is -0.414 e. The van der Waals surface area contributed by atoms with E-state index in [2.05, 4.69) is 76.2 Å². The van der Waals surface area contributed by atoms with Gasteiger partial charge in [-0.2, -0.15) is 0 Å². The number of rotatable bonds is 6. The van der Waals surface area contributed by atoms with E-state index in [0.717, 1.165) is 24.2 Å². The van der Waals surface area contributed by atoms with Gasteiger partial charge in [0.2, 0.25) is 0 Å². The monoisotopic (exact) mass is 446 g/mol. The van der Waals surface area contributed by atoms with Gasteiger partial charge in [0.1, 0.15) is 0 Å². The molecule has 0 N–H and O–H groups in total. The lowest BCUT2D eigenvalue weighted by Gasteiger charge is -2.45. The quantitative estimate of drug-likeness (QED) is 0.632. The summed E-state index contributed by atoms with van der Waals surface area (Å²) in [5, 5.41) is 2.35. The molecule has 1 aliphatic heterocycles. The van der Waals surface area contributed by atoms with E-state index in [4.69, 9.17) is 16.5 Å². The molecule has 1 fully saturated rings. The van der Waals surface area contributed by atoms with Gasteiger partial charge in [-0.05, 0) is 34.5 Å². The zero-order valence-corrected chi connectivity index (χ0v) is 21.2. The van der Waals surface area contributed by atoms with Gasteiger partial charge in [0.05, 0.1) is 0 Å². The molecule has 3 rings (SSSR count). The van der Waals surface area contributed by atoms with Gasteiger partial charge in [0.15, 0.2) is 0 Å².